The SMILES string of the molecule is CC1Oc2ccc(C=CC#N)cc2NC1=S. The summed E-state index contributed by atoms with van der Waals surface area (Å²) in [6, 6.07) is 7.63. The lowest BCUT2D eigenvalue weighted by Gasteiger charge is -2.25. The summed E-state index contributed by atoms with van der Waals surface area (Å²) in [7, 11) is 0. The fraction of sp³-hybridized carbons (Fsp3) is 0.167. The molecular weight excluding hydrogens is 220 g/mol. The molecule has 0 bridgehead atoms. The molecule has 16 heavy (non-hydrogen) atoms. The maximum atomic E-state index is 8.44. The van der Waals surface area contributed by atoms with E-state index < -0.39 is 0 Å². The highest BCUT2D eigenvalue weighted by Crippen LogP contribution is 2.31. The third-order valence-corrected chi connectivity index (χ3v) is 2.72. The van der Waals surface area contributed by atoms with Crippen molar-refractivity contribution in [3.63, 3.8) is 0 Å². The van der Waals surface area contributed by atoms with Crippen molar-refractivity contribution in [1.29, 1.82) is 5.26 Å². The number of hydrogen-bond acceptors (Lipinski definition) is 3. The number of anilines is 1. The molecule has 80 valence electrons. The Morgan fingerprint density at radius 2 is 2.38 bits per heavy atom. The fourth-order valence-corrected chi connectivity index (χ4v) is 1.62. The van der Waals surface area contributed by atoms with E-state index in [0.717, 1.165) is 17.0 Å². The fourth-order valence-electron chi connectivity index (χ4n) is 1.46. The van der Waals surface area contributed by atoms with Crippen molar-refractivity contribution in [3.8, 4) is 11.8 Å². The van der Waals surface area contributed by atoms with Crippen LogP contribution in [0.25, 0.3) is 6.08 Å². The van der Waals surface area contributed by atoms with Crippen LogP contribution < -0.4 is 10.1 Å². The number of hydrogen-bond donors (Lipinski definition) is 1. The van der Waals surface area contributed by atoms with Crippen molar-refractivity contribution < 1.29 is 4.74 Å². The number of nitrogens with zero attached hydrogens (tertiary/aromatic N) is 1. The topological polar surface area (TPSA) is 45.0 Å². The molecule has 1 unspecified atom stereocenters. The van der Waals surface area contributed by atoms with E-state index in [1.54, 1.807) is 6.08 Å². The van der Waals surface area contributed by atoms with Gasteiger partial charge in [-0.05, 0) is 30.7 Å². The van der Waals surface area contributed by atoms with E-state index in [1.165, 1.54) is 6.08 Å². The lowest BCUT2D eigenvalue weighted by molar-refractivity contribution is 0.286. The van der Waals surface area contributed by atoms with Crippen molar-refractivity contribution in [1.82, 2.24) is 0 Å². The lowest BCUT2D eigenvalue weighted by Crippen LogP contribution is -2.32. The zero-order chi connectivity index (χ0) is 11.5. The molecule has 0 amide bonds. The van der Waals surface area contributed by atoms with Crippen LogP contribution in [0.4, 0.5) is 5.69 Å². The molecule has 0 spiro atoms. The van der Waals surface area contributed by atoms with Gasteiger partial charge in [-0.2, -0.15) is 5.26 Å². The van der Waals surface area contributed by atoms with Gasteiger partial charge in [0.2, 0.25) is 0 Å². The molecular formula is C12H10N2OS. The standard InChI is InChI=1S/C12H10N2OS/c1-8-12(16)14-10-7-9(3-2-6-13)4-5-11(10)15-8/h2-5,7-8H,1H3,(H,14,16). The van der Waals surface area contributed by atoms with Crippen LogP contribution in [0.1, 0.15) is 12.5 Å². The molecule has 1 atom stereocenters. The molecule has 0 saturated carbocycles. The van der Waals surface area contributed by atoms with Crippen LogP contribution in [0.2, 0.25) is 0 Å². The lowest BCUT2D eigenvalue weighted by atomic mass is 10.1. The molecule has 1 heterocycles. The molecule has 1 aromatic rings. The Kier molecular flexibility index (Phi) is 2.88. The van der Waals surface area contributed by atoms with E-state index in [1.807, 2.05) is 31.2 Å². The molecule has 0 aliphatic carbocycles. The summed E-state index contributed by atoms with van der Waals surface area (Å²) in [4.78, 5) is 0.675. The summed E-state index contributed by atoms with van der Waals surface area (Å²) in [6.45, 7) is 1.90. The van der Waals surface area contributed by atoms with Gasteiger partial charge in [0.1, 0.15) is 16.8 Å². The van der Waals surface area contributed by atoms with Crippen LogP contribution in [-0.2, 0) is 0 Å². The summed E-state index contributed by atoms with van der Waals surface area (Å²) < 4.78 is 5.61. The predicted octanol–water partition coefficient (Wildman–Crippen LogP) is 2.74. The van der Waals surface area contributed by atoms with Gasteiger partial charge in [0.15, 0.2) is 0 Å². The average molecular weight is 230 g/mol. The molecule has 0 aromatic heterocycles. The Hall–Kier alpha value is -1.86. The molecule has 0 radical (unpaired) electrons. The van der Waals surface area contributed by atoms with Crippen molar-refractivity contribution in [2.45, 2.75) is 13.0 Å². The molecule has 1 aliphatic heterocycles. The minimum Gasteiger partial charge on any atom is -0.481 e. The predicted molar refractivity (Wildman–Crippen MR) is 67.4 cm³/mol. The molecule has 1 aromatic carbocycles. The van der Waals surface area contributed by atoms with Crippen LogP contribution >= 0.6 is 12.2 Å². The summed E-state index contributed by atoms with van der Waals surface area (Å²) in [6.07, 6.45) is 3.08. The van der Waals surface area contributed by atoms with Gasteiger partial charge >= 0.3 is 0 Å². The smallest absolute Gasteiger partial charge is 0.146 e. The largest absolute Gasteiger partial charge is 0.481 e. The first-order valence-electron chi connectivity index (χ1n) is 4.88. The zero-order valence-corrected chi connectivity index (χ0v) is 9.54. The Bertz CT molecular complexity index is 502. The van der Waals surface area contributed by atoms with Crippen LogP contribution in [0.15, 0.2) is 24.3 Å². The number of thiocarbonyl (C=S) groups is 1. The third kappa shape index (κ3) is 2.05. The molecule has 4 heteroatoms. The van der Waals surface area contributed by atoms with E-state index >= 15 is 0 Å². The van der Waals surface area contributed by atoms with Crippen molar-refractivity contribution in [2.75, 3.05) is 5.32 Å². The van der Waals surface area contributed by atoms with Gasteiger partial charge < -0.3 is 10.1 Å². The number of rotatable bonds is 1. The second kappa shape index (κ2) is 4.33. The highest BCUT2D eigenvalue weighted by atomic mass is 32.1. The molecule has 2 rings (SSSR count). The van der Waals surface area contributed by atoms with E-state index in [4.69, 9.17) is 22.2 Å². The van der Waals surface area contributed by atoms with Gasteiger partial charge in [-0.3, -0.25) is 0 Å². The summed E-state index contributed by atoms with van der Waals surface area (Å²) in [5.41, 5.74) is 1.79. The maximum absolute atomic E-state index is 8.44. The molecule has 1 aliphatic rings. The second-order valence-corrected chi connectivity index (χ2v) is 3.91. The molecule has 0 fully saturated rings. The maximum Gasteiger partial charge on any atom is 0.146 e. The molecule has 3 nitrogen and oxygen atoms in total. The van der Waals surface area contributed by atoms with E-state index in [9.17, 15) is 0 Å². The number of fused-ring (bicyclic) bond motifs is 1. The summed E-state index contributed by atoms with van der Waals surface area (Å²) in [5.74, 6) is 0.787. The first-order chi connectivity index (χ1) is 7.70. The number of benzene rings is 1. The highest BCUT2D eigenvalue weighted by Gasteiger charge is 2.19. The quantitative estimate of drug-likeness (QED) is 0.595. The number of nitriles is 1. The first-order valence-corrected chi connectivity index (χ1v) is 5.29. The third-order valence-electron chi connectivity index (χ3n) is 2.28. The minimum absolute atomic E-state index is 0.0944. The van der Waals surface area contributed by atoms with Gasteiger partial charge in [0.25, 0.3) is 0 Å². The Morgan fingerprint density at radius 3 is 3.12 bits per heavy atom. The van der Waals surface area contributed by atoms with Crippen molar-refractivity contribution >= 4 is 29.0 Å². The first kappa shape index (κ1) is 10.7. The Labute approximate surface area is 99.3 Å². The zero-order valence-electron chi connectivity index (χ0n) is 8.73. The van der Waals surface area contributed by atoms with Crippen LogP contribution in [-0.4, -0.2) is 11.1 Å². The highest BCUT2D eigenvalue weighted by molar-refractivity contribution is 7.80. The van der Waals surface area contributed by atoms with Gasteiger partial charge in [-0.25, -0.2) is 0 Å². The average Bonchev–Trinajstić information content (AvgIpc) is 2.28. The number of allylic oxidation sites excluding steroid dienone is 1. The van der Waals surface area contributed by atoms with Crippen molar-refractivity contribution in [3.05, 3.63) is 29.8 Å². The molecule has 1 N–H and O–H groups in total. The summed E-state index contributed by atoms with van der Waals surface area (Å²) >= 11 is 5.13. The Balaban J connectivity index is 2.33. The Morgan fingerprint density at radius 1 is 1.56 bits per heavy atom. The number of ether oxygens (including phenoxy) is 1. The minimum atomic E-state index is -0.0944. The summed E-state index contributed by atoms with van der Waals surface area (Å²) in [5, 5.41) is 11.6. The monoisotopic (exact) mass is 230 g/mol. The van der Waals surface area contributed by atoms with Gasteiger partial charge in [-0.1, -0.05) is 18.3 Å². The van der Waals surface area contributed by atoms with Crippen LogP contribution in [0.3, 0.4) is 0 Å². The van der Waals surface area contributed by atoms with E-state index in [2.05, 4.69) is 5.32 Å². The van der Waals surface area contributed by atoms with Gasteiger partial charge in [0.05, 0.1) is 11.8 Å². The normalized spacial score (nSPS) is 18.5. The second-order valence-electron chi connectivity index (χ2n) is 3.47. The van der Waals surface area contributed by atoms with Gasteiger partial charge in [-0.15, -0.1) is 0 Å². The van der Waals surface area contributed by atoms with Crippen LogP contribution in [0.5, 0.6) is 5.75 Å². The van der Waals surface area contributed by atoms with E-state index in [-0.39, 0.29) is 6.10 Å². The molecule has 0 saturated heterocycles. The van der Waals surface area contributed by atoms with Gasteiger partial charge in [0, 0.05) is 6.08 Å². The van der Waals surface area contributed by atoms with Crippen molar-refractivity contribution in [2.24, 2.45) is 0 Å². The van der Waals surface area contributed by atoms with E-state index in [0.29, 0.717) is 4.99 Å². The van der Waals surface area contributed by atoms with Crippen LogP contribution in [0, 0.1) is 11.3 Å². The number of nitrogens with one attached hydrogen (secondary N) is 1.